The second kappa shape index (κ2) is 12.5. The molecule has 1 amide bonds. The van der Waals surface area contributed by atoms with Crippen LogP contribution >= 0.6 is 11.6 Å². The van der Waals surface area contributed by atoms with Gasteiger partial charge in [0.1, 0.15) is 11.6 Å². The number of nitrogens with two attached hydrogens (primary N) is 1. The fourth-order valence-corrected chi connectivity index (χ4v) is 8.00. The number of carbonyl (C=O) groups is 1. The number of fused-ring (bicyclic) bond motifs is 3. The van der Waals surface area contributed by atoms with Crippen LogP contribution in [0, 0.1) is 30.4 Å². The third-order valence-corrected chi connectivity index (χ3v) is 10.3. The number of nitrogen functional groups attached to an aromatic ring is 1. The molecule has 52 heavy (non-hydrogen) atoms. The number of benzene rings is 2. The van der Waals surface area contributed by atoms with Gasteiger partial charge in [-0.1, -0.05) is 22.4 Å². The molecular weight excluding hydrogens is 738 g/mol. The third kappa shape index (κ3) is 6.24. The van der Waals surface area contributed by atoms with E-state index in [1.54, 1.807) is 13.0 Å². The van der Waals surface area contributed by atoms with E-state index < -0.39 is 76.1 Å². The van der Waals surface area contributed by atoms with Crippen molar-refractivity contribution in [2.24, 2.45) is 24.0 Å². The predicted molar refractivity (Wildman–Crippen MR) is 178 cm³/mol. The number of rotatable bonds is 10. The van der Waals surface area contributed by atoms with Crippen LogP contribution in [0.1, 0.15) is 29.4 Å². The Kier molecular flexibility index (Phi) is 8.55. The number of hydrogen-bond donors (Lipinski definition) is 3. The van der Waals surface area contributed by atoms with Crippen LogP contribution in [0.4, 0.5) is 37.8 Å². The van der Waals surface area contributed by atoms with Crippen molar-refractivity contribution in [3.8, 4) is 11.1 Å². The zero-order valence-electron chi connectivity index (χ0n) is 27.6. The van der Waals surface area contributed by atoms with Crippen molar-refractivity contribution in [3.05, 3.63) is 81.3 Å². The molecule has 1 saturated carbocycles. The first-order valence-corrected chi connectivity index (χ1v) is 18.1. The summed E-state index contributed by atoms with van der Waals surface area (Å²) >= 11 is 6.54. The van der Waals surface area contributed by atoms with Gasteiger partial charge in [0.15, 0.2) is 5.82 Å². The van der Waals surface area contributed by atoms with Gasteiger partial charge in [0, 0.05) is 35.7 Å². The standard InChI is InChI=1S/C33H29ClF6N8O3S/c1-13-22(41)11-18(17-4-5-21(34)26-29(17)47(2)45-32(26)46-52(3,50)51)27(42-13)23(8-14-6-15(35)9-16(36)7-14)43-24(49)12-48-30-25(28(44-48)31(37)38)19-10-20(19)33(30,39)40/h4-7,9,11,19-20,23,28,31H,8,10,12,41H2,1-3H3,(H-,43,45,46,49)/p+1/t19-,20+,23-,28?/m0/s1. The Balaban J connectivity index is 1.33. The second-order valence-electron chi connectivity index (χ2n) is 13.2. The van der Waals surface area contributed by atoms with Crippen LogP contribution in [0.25, 0.3) is 22.0 Å². The van der Waals surface area contributed by atoms with Crippen LogP contribution in [0.2, 0.25) is 5.02 Å². The average molecular weight is 768 g/mol. The van der Waals surface area contributed by atoms with E-state index in [0.717, 1.165) is 18.4 Å². The van der Waals surface area contributed by atoms with E-state index in [9.17, 15) is 30.8 Å². The zero-order valence-corrected chi connectivity index (χ0v) is 29.1. The first-order valence-electron chi connectivity index (χ1n) is 15.9. The van der Waals surface area contributed by atoms with Gasteiger partial charge >= 0.3 is 5.92 Å². The van der Waals surface area contributed by atoms with E-state index in [4.69, 9.17) is 17.3 Å². The molecule has 3 heterocycles. The molecule has 19 heteroatoms. The molecule has 1 aliphatic heterocycles. The second-order valence-corrected chi connectivity index (χ2v) is 15.3. The number of sulfonamides is 1. The molecule has 4 aromatic rings. The third-order valence-electron chi connectivity index (χ3n) is 9.44. The van der Waals surface area contributed by atoms with Gasteiger partial charge in [-0.3, -0.25) is 19.2 Å². The Bertz CT molecular complexity index is 2350. The monoisotopic (exact) mass is 767 g/mol. The maximum atomic E-state index is 15.3. The molecule has 0 bridgehead atoms. The lowest BCUT2D eigenvalue weighted by molar-refractivity contribution is -0.548. The molecule has 0 radical (unpaired) electrons. The number of nitrogens with zero attached hydrogens (tertiary/aromatic N) is 5. The SMILES string of the molecule is Cc1nc([C@H](Cc2cc(F)cc(F)c2)NC(=O)C[N+]2=NC(C(F)F)C3=C2C(F)(F)[C@@H]2C[C@H]32)c(-c2ccc(Cl)c3c(NS(C)(=O)=O)nn(C)c23)cc1N. The highest BCUT2D eigenvalue weighted by Gasteiger charge is 2.74. The summed E-state index contributed by atoms with van der Waals surface area (Å²) in [5.41, 5.74) is 7.12. The van der Waals surface area contributed by atoms with Crippen molar-refractivity contribution in [2.75, 3.05) is 23.3 Å². The predicted octanol–water partition coefficient (Wildman–Crippen LogP) is 5.88. The molecule has 2 aromatic carbocycles. The molecule has 2 aliphatic carbocycles. The Morgan fingerprint density at radius 3 is 2.50 bits per heavy atom. The zero-order chi connectivity index (χ0) is 37.6. The number of halogens is 7. The minimum absolute atomic E-state index is 0.0578. The van der Waals surface area contributed by atoms with E-state index in [1.165, 1.54) is 23.9 Å². The van der Waals surface area contributed by atoms with E-state index >= 15 is 8.78 Å². The van der Waals surface area contributed by atoms with Gasteiger partial charge in [0.2, 0.25) is 16.1 Å². The smallest absolute Gasteiger partial charge is 0.335 e. The number of nitrogens with one attached hydrogen (secondary N) is 2. The molecule has 0 saturated heterocycles. The van der Waals surface area contributed by atoms with Crippen molar-refractivity contribution in [1.82, 2.24) is 20.1 Å². The van der Waals surface area contributed by atoms with Gasteiger partial charge in [0.05, 0.1) is 45.3 Å². The number of alkyl halides is 4. The number of azo groups is 2. The first-order chi connectivity index (χ1) is 24.3. The van der Waals surface area contributed by atoms with Crippen molar-refractivity contribution in [2.45, 2.75) is 44.2 Å². The number of aryl methyl sites for hydroxylation is 2. The molecule has 1 fully saturated rings. The van der Waals surface area contributed by atoms with Crippen LogP contribution in [-0.4, -0.2) is 65.0 Å². The van der Waals surface area contributed by atoms with Crippen LogP contribution < -0.4 is 15.8 Å². The summed E-state index contributed by atoms with van der Waals surface area (Å²) in [5.74, 6) is -8.13. The van der Waals surface area contributed by atoms with Gasteiger partial charge < -0.3 is 11.1 Å². The summed E-state index contributed by atoms with van der Waals surface area (Å²) in [7, 11) is -2.26. The number of allylic oxidation sites excluding steroid dienone is 1. The lowest BCUT2D eigenvalue weighted by Crippen LogP contribution is -2.38. The number of pyridine rings is 1. The number of anilines is 2. The number of carbonyl (C=O) groups excluding carboxylic acids is 1. The van der Waals surface area contributed by atoms with Crippen molar-refractivity contribution >= 4 is 49.9 Å². The van der Waals surface area contributed by atoms with Gasteiger partial charge in [-0.05, 0) is 60.6 Å². The summed E-state index contributed by atoms with van der Waals surface area (Å²) in [5, 5.41) is 11.2. The molecular formula is C33H30ClF6N8O3S+. The van der Waals surface area contributed by atoms with Crippen LogP contribution in [0.3, 0.4) is 0 Å². The largest absolute Gasteiger partial charge is 0.397 e. The first kappa shape index (κ1) is 35.7. The van der Waals surface area contributed by atoms with Crippen molar-refractivity contribution in [3.63, 3.8) is 0 Å². The van der Waals surface area contributed by atoms with E-state index in [1.807, 2.05) is 0 Å². The molecule has 0 spiro atoms. The Morgan fingerprint density at radius 1 is 1.15 bits per heavy atom. The van der Waals surface area contributed by atoms with Crippen LogP contribution in [0.15, 0.2) is 52.8 Å². The summed E-state index contributed by atoms with van der Waals surface area (Å²) in [6, 6.07) is 4.32. The average Bonchev–Trinajstić information content (AvgIpc) is 3.57. The van der Waals surface area contributed by atoms with Crippen LogP contribution in [0.5, 0.6) is 0 Å². The molecule has 1 unspecified atom stereocenters. The normalized spacial score (nSPS) is 21.0. The van der Waals surface area contributed by atoms with Crippen molar-refractivity contribution < 1.29 is 44.3 Å². The summed E-state index contributed by atoms with van der Waals surface area (Å²) in [4.78, 5) is 18.4. The number of amides is 1. The number of hydrogen-bond acceptors (Lipinski definition) is 7. The highest BCUT2D eigenvalue weighted by atomic mass is 35.5. The summed E-state index contributed by atoms with van der Waals surface area (Å²) in [6.45, 7) is 0.718. The molecule has 11 nitrogen and oxygen atoms in total. The molecule has 274 valence electrons. The quantitative estimate of drug-likeness (QED) is 0.136. The molecule has 3 aliphatic rings. The highest BCUT2D eigenvalue weighted by molar-refractivity contribution is 7.92. The Hall–Kier alpha value is -4.71. The Labute approximate surface area is 297 Å². The fraction of sp³-hybridized carbons (Fsp3) is 0.364. The summed E-state index contributed by atoms with van der Waals surface area (Å²) < 4.78 is 116. The molecule has 4 N–H and O–H groups in total. The van der Waals surface area contributed by atoms with Gasteiger partial charge in [0.25, 0.3) is 24.6 Å². The minimum Gasteiger partial charge on any atom is -0.397 e. The topological polar surface area (TPSA) is 147 Å². The Morgan fingerprint density at radius 2 is 1.85 bits per heavy atom. The van der Waals surface area contributed by atoms with Gasteiger partial charge in [-0.25, -0.2) is 26.0 Å². The summed E-state index contributed by atoms with van der Waals surface area (Å²) in [6.07, 6.45) is -2.35. The maximum Gasteiger partial charge on any atom is 0.335 e. The van der Waals surface area contributed by atoms with Crippen LogP contribution in [-0.2, 0) is 28.3 Å². The maximum absolute atomic E-state index is 15.3. The van der Waals surface area contributed by atoms with E-state index in [2.05, 4.69) is 25.2 Å². The highest BCUT2D eigenvalue weighted by Crippen LogP contribution is 2.65. The van der Waals surface area contributed by atoms with Gasteiger partial charge in [-0.2, -0.15) is 13.9 Å². The van der Waals surface area contributed by atoms with E-state index in [-0.39, 0.29) is 57.1 Å². The molecule has 7 rings (SSSR count). The lowest BCUT2D eigenvalue weighted by Gasteiger charge is -2.23. The minimum atomic E-state index is -3.80. The fourth-order valence-electron chi connectivity index (χ4n) is 7.26. The lowest BCUT2D eigenvalue weighted by atomic mass is 9.93. The molecule has 4 atom stereocenters. The van der Waals surface area contributed by atoms with Gasteiger partial charge in [-0.15, -0.1) is 0 Å². The van der Waals surface area contributed by atoms with E-state index in [0.29, 0.717) is 27.5 Å². The molecule has 2 aromatic heterocycles. The number of aromatic nitrogens is 3. The van der Waals surface area contributed by atoms with Crippen molar-refractivity contribution in [1.29, 1.82) is 0 Å².